The molecule has 0 aliphatic rings. The second-order valence-electron chi connectivity index (χ2n) is 4.59. The molecule has 3 rings (SSSR count). The van der Waals surface area contributed by atoms with Crippen LogP contribution in [0.1, 0.15) is 17.7 Å². The Morgan fingerprint density at radius 1 is 1.26 bits per heavy atom. The summed E-state index contributed by atoms with van der Waals surface area (Å²) in [5, 5.41) is 3.69. The molecule has 23 heavy (non-hydrogen) atoms. The minimum Gasteiger partial charge on any atom is -0.383 e. The van der Waals surface area contributed by atoms with Crippen molar-refractivity contribution >= 4 is 32.8 Å². The number of nitrogens with two attached hydrogens (primary N) is 1. The van der Waals surface area contributed by atoms with E-state index in [1.807, 2.05) is 0 Å². The Balaban J connectivity index is 2.33. The highest BCUT2D eigenvalue weighted by Gasteiger charge is 2.23. The largest absolute Gasteiger partial charge is 0.383 e. The van der Waals surface area contributed by atoms with Gasteiger partial charge in [-0.05, 0) is 28.1 Å². The fraction of sp³-hybridized carbons (Fsp3) is 0.154. The molecular weight excluding hydrogens is 382 g/mol. The molecule has 0 bridgehead atoms. The molecule has 2 N–H and O–H groups in total. The zero-order valence-corrected chi connectivity index (χ0v) is 12.9. The van der Waals surface area contributed by atoms with Crippen molar-refractivity contribution in [3.8, 4) is 5.69 Å². The summed E-state index contributed by atoms with van der Waals surface area (Å²) in [5.41, 5.74) is 4.99. The predicted molar refractivity (Wildman–Crippen MR) is 78.5 cm³/mol. The molecule has 10 heteroatoms. The highest BCUT2D eigenvalue weighted by Crippen LogP contribution is 2.32. The van der Waals surface area contributed by atoms with E-state index in [9.17, 15) is 17.6 Å². The van der Waals surface area contributed by atoms with Crippen LogP contribution in [-0.2, 0) is 6.67 Å². The highest BCUT2D eigenvalue weighted by molar-refractivity contribution is 9.10. The first kappa shape index (κ1) is 15.7. The van der Waals surface area contributed by atoms with Gasteiger partial charge in [0.15, 0.2) is 5.65 Å². The maximum atomic E-state index is 13.7. The number of halogens is 5. The van der Waals surface area contributed by atoms with Crippen molar-refractivity contribution < 1.29 is 17.6 Å². The van der Waals surface area contributed by atoms with E-state index in [-0.39, 0.29) is 32.6 Å². The number of benzene rings is 1. The average Bonchev–Trinajstić information content (AvgIpc) is 2.91. The van der Waals surface area contributed by atoms with E-state index >= 15 is 0 Å². The molecule has 0 spiro atoms. The van der Waals surface area contributed by atoms with Crippen LogP contribution in [0.2, 0.25) is 0 Å². The standard InChI is InChI=1S/C13H8BrF4N5/c14-7-2-6(1-5(3-15)9(7)16)23-13-8(10(22-23)11(17)18)12(19)20-4-21-13/h1-2,4,11H,3H2,(H2,19,20,21). The molecule has 0 unspecified atom stereocenters. The van der Waals surface area contributed by atoms with Crippen LogP contribution in [0.25, 0.3) is 16.7 Å². The number of aromatic nitrogens is 4. The lowest BCUT2D eigenvalue weighted by Gasteiger charge is -2.07. The van der Waals surface area contributed by atoms with E-state index < -0.39 is 24.6 Å². The zero-order chi connectivity index (χ0) is 16.7. The van der Waals surface area contributed by atoms with Crippen LogP contribution >= 0.6 is 15.9 Å². The van der Waals surface area contributed by atoms with Gasteiger partial charge in [-0.2, -0.15) is 5.10 Å². The number of nitrogens with zero attached hydrogens (tertiary/aromatic N) is 4. The first-order valence-electron chi connectivity index (χ1n) is 6.25. The van der Waals surface area contributed by atoms with Crippen LogP contribution in [0, 0.1) is 5.82 Å². The van der Waals surface area contributed by atoms with E-state index in [0.29, 0.717) is 0 Å². The SMILES string of the molecule is Nc1ncnc2c1c(C(F)F)nn2-c1cc(Br)c(F)c(CF)c1. The van der Waals surface area contributed by atoms with Crippen molar-refractivity contribution in [2.24, 2.45) is 0 Å². The van der Waals surface area contributed by atoms with Gasteiger partial charge in [0.05, 0.1) is 15.5 Å². The molecule has 0 radical (unpaired) electrons. The molecule has 0 saturated heterocycles. The summed E-state index contributed by atoms with van der Waals surface area (Å²) in [6, 6.07) is 2.45. The van der Waals surface area contributed by atoms with Gasteiger partial charge in [-0.1, -0.05) is 0 Å². The number of rotatable bonds is 3. The Hall–Kier alpha value is -2.23. The Bertz CT molecular complexity index is 896. The van der Waals surface area contributed by atoms with Crippen molar-refractivity contribution in [2.45, 2.75) is 13.1 Å². The van der Waals surface area contributed by atoms with E-state index in [1.54, 1.807) is 0 Å². The molecule has 2 heterocycles. The third-order valence-corrected chi connectivity index (χ3v) is 3.78. The van der Waals surface area contributed by atoms with E-state index in [0.717, 1.165) is 11.0 Å². The minimum absolute atomic E-state index is 0.0214. The fourth-order valence-corrected chi connectivity index (χ4v) is 2.67. The smallest absolute Gasteiger partial charge is 0.282 e. The molecule has 0 aliphatic heterocycles. The van der Waals surface area contributed by atoms with Gasteiger partial charge in [0.2, 0.25) is 0 Å². The van der Waals surface area contributed by atoms with E-state index in [4.69, 9.17) is 5.73 Å². The maximum absolute atomic E-state index is 13.7. The summed E-state index contributed by atoms with van der Waals surface area (Å²) in [4.78, 5) is 7.58. The predicted octanol–water partition coefficient (Wildman–Crippen LogP) is 3.71. The van der Waals surface area contributed by atoms with Crippen molar-refractivity contribution in [1.29, 1.82) is 0 Å². The van der Waals surface area contributed by atoms with Gasteiger partial charge in [-0.3, -0.25) is 0 Å². The molecule has 3 aromatic rings. The summed E-state index contributed by atoms with van der Waals surface area (Å²) >= 11 is 2.96. The molecule has 0 saturated carbocycles. The minimum atomic E-state index is -2.91. The zero-order valence-electron chi connectivity index (χ0n) is 11.3. The number of fused-ring (bicyclic) bond motifs is 1. The lowest BCUT2D eigenvalue weighted by molar-refractivity contribution is 0.147. The molecule has 0 amide bonds. The van der Waals surface area contributed by atoms with Gasteiger partial charge in [-0.15, -0.1) is 0 Å². The van der Waals surface area contributed by atoms with Crippen LogP contribution < -0.4 is 5.73 Å². The van der Waals surface area contributed by atoms with E-state index in [2.05, 4.69) is 31.0 Å². The van der Waals surface area contributed by atoms with Gasteiger partial charge in [-0.25, -0.2) is 32.2 Å². The Labute approximate surface area is 135 Å². The molecular formula is C13H8BrF4N5. The summed E-state index contributed by atoms with van der Waals surface area (Å²) in [7, 11) is 0. The normalized spacial score (nSPS) is 11.6. The summed E-state index contributed by atoms with van der Waals surface area (Å²) < 4.78 is 54.0. The quantitative estimate of drug-likeness (QED) is 0.693. The number of nitrogen functional groups attached to an aromatic ring is 1. The lowest BCUT2D eigenvalue weighted by Crippen LogP contribution is -2.02. The van der Waals surface area contributed by atoms with Crippen LogP contribution in [0.5, 0.6) is 0 Å². The lowest BCUT2D eigenvalue weighted by atomic mass is 10.2. The van der Waals surface area contributed by atoms with Crippen LogP contribution in [0.15, 0.2) is 22.9 Å². The first-order valence-corrected chi connectivity index (χ1v) is 7.04. The number of alkyl halides is 3. The van der Waals surface area contributed by atoms with Gasteiger partial charge in [0.25, 0.3) is 6.43 Å². The van der Waals surface area contributed by atoms with Crippen LogP contribution in [0.4, 0.5) is 23.4 Å². The van der Waals surface area contributed by atoms with Crippen molar-refractivity contribution in [2.75, 3.05) is 5.73 Å². The Morgan fingerprint density at radius 2 is 2.00 bits per heavy atom. The van der Waals surface area contributed by atoms with Crippen LogP contribution in [0.3, 0.4) is 0 Å². The topological polar surface area (TPSA) is 69.6 Å². The fourth-order valence-electron chi connectivity index (χ4n) is 2.18. The third-order valence-electron chi connectivity index (χ3n) is 3.20. The van der Waals surface area contributed by atoms with Crippen molar-refractivity contribution in [1.82, 2.24) is 19.7 Å². The molecule has 0 fully saturated rings. The molecule has 1 aromatic carbocycles. The second-order valence-corrected chi connectivity index (χ2v) is 5.44. The molecule has 2 aromatic heterocycles. The van der Waals surface area contributed by atoms with E-state index in [1.165, 1.54) is 12.1 Å². The summed E-state index contributed by atoms with van der Waals surface area (Å²) in [6.45, 7) is -1.06. The van der Waals surface area contributed by atoms with Gasteiger partial charge < -0.3 is 5.73 Å². The number of hydrogen-bond donors (Lipinski definition) is 1. The summed E-state index contributed by atoms with van der Waals surface area (Å²) in [6.07, 6.45) is -1.81. The summed E-state index contributed by atoms with van der Waals surface area (Å²) in [5.74, 6) is -0.917. The number of hydrogen-bond acceptors (Lipinski definition) is 4. The van der Waals surface area contributed by atoms with Gasteiger partial charge in [0.1, 0.15) is 30.3 Å². The second kappa shape index (κ2) is 5.76. The molecule has 0 aliphatic carbocycles. The monoisotopic (exact) mass is 389 g/mol. The third kappa shape index (κ3) is 2.52. The van der Waals surface area contributed by atoms with Gasteiger partial charge in [0, 0.05) is 5.56 Å². The van der Waals surface area contributed by atoms with Gasteiger partial charge >= 0.3 is 0 Å². The van der Waals surface area contributed by atoms with Crippen molar-refractivity contribution in [3.63, 3.8) is 0 Å². The molecule has 120 valence electrons. The maximum Gasteiger partial charge on any atom is 0.282 e. The Morgan fingerprint density at radius 3 is 2.65 bits per heavy atom. The Kier molecular flexibility index (Phi) is 3.92. The van der Waals surface area contributed by atoms with Crippen LogP contribution in [-0.4, -0.2) is 19.7 Å². The molecule has 5 nitrogen and oxygen atoms in total. The van der Waals surface area contributed by atoms with Crippen molar-refractivity contribution in [3.05, 3.63) is 40.0 Å². The first-order chi connectivity index (χ1) is 10.9. The highest BCUT2D eigenvalue weighted by atomic mass is 79.9. The average molecular weight is 390 g/mol. The number of anilines is 1. The molecule has 0 atom stereocenters.